The number of halogens is 1. The second kappa shape index (κ2) is 9.28. The van der Waals surface area contributed by atoms with Crippen molar-refractivity contribution in [3.05, 3.63) is 50.2 Å². The smallest absolute Gasteiger partial charge is 0.261 e. The molecule has 0 spiro atoms. The summed E-state index contributed by atoms with van der Waals surface area (Å²) in [7, 11) is 3.05. The number of carbonyl (C=O) groups excluding carboxylic acids is 1. The lowest BCUT2D eigenvalue weighted by Crippen LogP contribution is -2.27. The predicted molar refractivity (Wildman–Crippen MR) is 114 cm³/mol. The summed E-state index contributed by atoms with van der Waals surface area (Å²) < 4.78 is 12.7. The van der Waals surface area contributed by atoms with Crippen LogP contribution in [0.25, 0.3) is 10.9 Å². The summed E-state index contributed by atoms with van der Waals surface area (Å²) in [4.78, 5) is 30.3. The third-order valence-corrected chi connectivity index (χ3v) is 5.94. The average molecular weight is 436 g/mol. The van der Waals surface area contributed by atoms with Crippen molar-refractivity contribution in [3.8, 4) is 11.5 Å². The summed E-state index contributed by atoms with van der Waals surface area (Å²) in [5, 5.41) is 3.39. The topological polar surface area (TPSA) is 82.5 Å². The number of nitrogens with zero attached hydrogens (tertiary/aromatic N) is 2. The first-order valence-electron chi connectivity index (χ1n) is 9.08. The summed E-state index contributed by atoms with van der Waals surface area (Å²) in [6, 6.07) is 6.91. The molecule has 0 radical (unpaired) electrons. The van der Waals surface area contributed by atoms with Gasteiger partial charge in [-0.25, -0.2) is 4.98 Å². The van der Waals surface area contributed by atoms with Crippen LogP contribution in [-0.2, 0) is 11.3 Å². The van der Waals surface area contributed by atoms with E-state index in [0.29, 0.717) is 46.1 Å². The van der Waals surface area contributed by atoms with E-state index in [-0.39, 0.29) is 17.5 Å². The maximum atomic E-state index is 12.8. The molecule has 0 saturated carbocycles. The number of rotatable bonds is 8. The molecule has 0 aliphatic rings. The lowest BCUT2D eigenvalue weighted by atomic mass is 10.2. The van der Waals surface area contributed by atoms with E-state index in [2.05, 4.69) is 10.3 Å². The molecule has 2 aromatic heterocycles. The van der Waals surface area contributed by atoms with Crippen LogP contribution in [0.2, 0.25) is 4.34 Å². The van der Waals surface area contributed by atoms with E-state index in [4.69, 9.17) is 21.1 Å². The van der Waals surface area contributed by atoms with Gasteiger partial charge in [0.1, 0.15) is 0 Å². The van der Waals surface area contributed by atoms with E-state index in [1.807, 2.05) is 19.1 Å². The van der Waals surface area contributed by atoms with E-state index in [0.717, 1.165) is 4.88 Å². The molecule has 154 valence electrons. The lowest BCUT2D eigenvalue weighted by Gasteiger charge is -2.13. The van der Waals surface area contributed by atoms with Crippen LogP contribution in [0.5, 0.6) is 11.5 Å². The molecule has 1 atom stereocenters. The van der Waals surface area contributed by atoms with Crippen molar-refractivity contribution in [1.82, 2.24) is 14.9 Å². The highest BCUT2D eigenvalue weighted by atomic mass is 35.5. The maximum Gasteiger partial charge on any atom is 0.261 e. The van der Waals surface area contributed by atoms with E-state index >= 15 is 0 Å². The minimum atomic E-state index is -0.182. The van der Waals surface area contributed by atoms with Crippen molar-refractivity contribution in [2.45, 2.75) is 32.4 Å². The Bertz CT molecular complexity index is 1080. The Balaban J connectivity index is 1.63. The number of carbonyl (C=O) groups is 1. The molecular weight excluding hydrogens is 414 g/mol. The summed E-state index contributed by atoms with van der Waals surface area (Å²) in [6.45, 7) is 2.31. The van der Waals surface area contributed by atoms with Crippen molar-refractivity contribution in [2.75, 3.05) is 14.2 Å². The van der Waals surface area contributed by atoms with Gasteiger partial charge in [0, 0.05) is 23.9 Å². The van der Waals surface area contributed by atoms with Crippen LogP contribution in [0.3, 0.4) is 0 Å². The highest BCUT2D eigenvalue weighted by Crippen LogP contribution is 2.30. The number of aromatic nitrogens is 2. The van der Waals surface area contributed by atoms with Gasteiger partial charge in [-0.2, -0.15) is 0 Å². The van der Waals surface area contributed by atoms with Crippen molar-refractivity contribution >= 4 is 39.7 Å². The molecule has 1 aromatic carbocycles. The van der Waals surface area contributed by atoms with Crippen molar-refractivity contribution in [1.29, 1.82) is 0 Å². The Hall–Kier alpha value is -2.58. The largest absolute Gasteiger partial charge is 0.493 e. The van der Waals surface area contributed by atoms with Gasteiger partial charge in [0.05, 0.1) is 41.8 Å². The van der Waals surface area contributed by atoms with Crippen LogP contribution in [0.15, 0.2) is 35.4 Å². The highest BCUT2D eigenvalue weighted by molar-refractivity contribution is 7.16. The number of amides is 1. The second-order valence-electron chi connectivity index (χ2n) is 6.50. The fraction of sp³-hybridized carbons (Fsp3) is 0.350. The Morgan fingerprint density at radius 3 is 2.66 bits per heavy atom. The number of methoxy groups -OCH3 is 2. The second-order valence-corrected chi connectivity index (χ2v) is 8.25. The van der Waals surface area contributed by atoms with Crippen LogP contribution >= 0.6 is 22.9 Å². The van der Waals surface area contributed by atoms with Gasteiger partial charge < -0.3 is 14.8 Å². The van der Waals surface area contributed by atoms with Gasteiger partial charge in [-0.1, -0.05) is 11.6 Å². The van der Waals surface area contributed by atoms with E-state index in [9.17, 15) is 9.59 Å². The van der Waals surface area contributed by atoms with Gasteiger partial charge in [0.25, 0.3) is 5.56 Å². The molecule has 3 rings (SSSR count). The molecule has 2 heterocycles. The number of hydrogen-bond acceptors (Lipinski definition) is 6. The fourth-order valence-corrected chi connectivity index (χ4v) is 4.06. The molecule has 0 aliphatic carbocycles. The van der Waals surface area contributed by atoms with Crippen LogP contribution in [-0.4, -0.2) is 29.7 Å². The molecule has 1 N–H and O–H groups in total. The predicted octanol–water partition coefficient (Wildman–Crippen LogP) is 3.79. The number of nitrogens with one attached hydrogen (secondary N) is 1. The minimum Gasteiger partial charge on any atom is -0.493 e. The standard InChI is InChI=1S/C20H22ClN3O4S/c1-12(17-6-7-18(21)29-17)23-19(25)5-4-8-24-11-22-14-10-16(28-3)15(27-2)9-13(14)20(24)26/h6-7,9-12H,4-5,8H2,1-3H3,(H,23,25). The van der Waals surface area contributed by atoms with Crippen LogP contribution in [0.4, 0.5) is 0 Å². The average Bonchev–Trinajstić information content (AvgIpc) is 3.15. The molecule has 1 unspecified atom stereocenters. The first-order valence-corrected chi connectivity index (χ1v) is 10.3. The Morgan fingerprint density at radius 2 is 2.00 bits per heavy atom. The number of fused-ring (bicyclic) bond motifs is 1. The highest BCUT2D eigenvalue weighted by Gasteiger charge is 2.13. The van der Waals surface area contributed by atoms with Crippen LogP contribution < -0.4 is 20.3 Å². The molecule has 7 nitrogen and oxygen atoms in total. The van der Waals surface area contributed by atoms with Crippen molar-refractivity contribution < 1.29 is 14.3 Å². The van der Waals surface area contributed by atoms with Crippen LogP contribution in [0.1, 0.15) is 30.7 Å². The van der Waals surface area contributed by atoms with Gasteiger partial charge in [-0.15, -0.1) is 11.3 Å². The summed E-state index contributed by atoms with van der Waals surface area (Å²) in [5.41, 5.74) is 0.350. The van der Waals surface area contributed by atoms with E-state index in [1.54, 1.807) is 12.1 Å². The Morgan fingerprint density at radius 1 is 1.28 bits per heavy atom. The van der Waals surface area contributed by atoms with Crippen molar-refractivity contribution in [3.63, 3.8) is 0 Å². The zero-order chi connectivity index (χ0) is 21.0. The number of hydrogen-bond donors (Lipinski definition) is 1. The Kier molecular flexibility index (Phi) is 6.76. The number of aryl methyl sites for hydroxylation is 1. The molecule has 0 bridgehead atoms. The zero-order valence-electron chi connectivity index (χ0n) is 16.4. The molecule has 0 fully saturated rings. The number of benzene rings is 1. The first kappa shape index (κ1) is 21.1. The first-order chi connectivity index (χ1) is 13.9. The van der Waals surface area contributed by atoms with Gasteiger partial charge in [0.2, 0.25) is 5.91 Å². The fourth-order valence-electron chi connectivity index (χ4n) is 3.00. The molecule has 0 saturated heterocycles. The van der Waals surface area contributed by atoms with E-state index in [1.165, 1.54) is 36.5 Å². The molecule has 3 aromatic rings. The number of ether oxygens (including phenoxy) is 2. The molecule has 9 heteroatoms. The summed E-state index contributed by atoms with van der Waals surface area (Å²) >= 11 is 7.38. The third-order valence-electron chi connectivity index (χ3n) is 4.53. The van der Waals surface area contributed by atoms with Crippen molar-refractivity contribution in [2.24, 2.45) is 0 Å². The van der Waals surface area contributed by atoms with Gasteiger partial charge in [-0.3, -0.25) is 14.2 Å². The van der Waals surface area contributed by atoms with Crippen LogP contribution in [0, 0.1) is 0 Å². The molecule has 0 aliphatic heterocycles. The molecule has 1 amide bonds. The minimum absolute atomic E-state index is 0.0739. The third kappa shape index (κ3) is 4.89. The summed E-state index contributed by atoms with van der Waals surface area (Å²) in [5.74, 6) is 0.913. The quantitative estimate of drug-likeness (QED) is 0.582. The molecule has 29 heavy (non-hydrogen) atoms. The SMILES string of the molecule is COc1cc2ncn(CCCC(=O)NC(C)c3ccc(Cl)s3)c(=O)c2cc1OC. The lowest BCUT2D eigenvalue weighted by molar-refractivity contribution is -0.121. The van der Waals surface area contributed by atoms with Gasteiger partial charge >= 0.3 is 0 Å². The molecular formula is C20H22ClN3O4S. The normalized spacial score (nSPS) is 12.0. The summed E-state index contributed by atoms with van der Waals surface area (Å²) in [6.07, 6.45) is 2.31. The van der Waals surface area contributed by atoms with Gasteiger partial charge in [-0.05, 0) is 31.5 Å². The maximum absolute atomic E-state index is 12.8. The zero-order valence-corrected chi connectivity index (χ0v) is 18.0. The van der Waals surface area contributed by atoms with E-state index < -0.39 is 0 Å². The Labute approximate surface area is 177 Å². The van der Waals surface area contributed by atoms with Gasteiger partial charge in [0.15, 0.2) is 11.5 Å². The monoisotopic (exact) mass is 435 g/mol. The number of thiophene rings is 1.